The number of hydrogen-bond donors (Lipinski definition) is 4. The molecule has 38 heavy (non-hydrogen) atoms. The lowest BCUT2D eigenvalue weighted by Crippen LogP contribution is -2.51. The average Bonchev–Trinajstić information content (AvgIpc) is 3.58. The number of rotatable bonds is 13. The van der Waals surface area contributed by atoms with E-state index in [1.807, 2.05) is 30.3 Å². The van der Waals surface area contributed by atoms with Gasteiger partial charge in [-0.1, -0.05) is 30.3 Å². The highest BCUT2D eigenvalue weighted by Crippen LogP contribution is 2.27. The van der Waals surface area contributed by atoms with E-state index in [0.717, 1.165) is 28.2 Å². The standard InChI is InChI=1S/C25H29F3N4O4S2/c1-15(33)9-10-18(32-22(36)19-14-30-23(38-19)16-6-3-2-4-7-16)21(35)31-17(8-5-11-25(26,27)28)20(34)24-29-12-13-37-24/h2-4,6-7,12-15,17-18,20,33-34H,5,8-11H2,1H3,(H,31,35)(H,32,36)/t15?,17-,18-,20?/m0/s1. The van der Waals surface area contributed by atoms with E-state index in [1.54, 1.807) is 5.38 Å². The maximum atomic E-state index is 13.2. The summed E-state index contributed by atoms with van der Waals surface area (Å²) in [5.41, 5.74) is 0.831. The number of carbonyl (C=O) groups is 2. The molecule has 1 aromatic carbocycles. The summed E-state index contributed by atoms with van der Waals surface area (Å²) in [7, 11) is 0. The van der Waals surface area contributed by atoms with Crippen LogP contribution in [0, 0.1) is 0 Å². The minimum atomic E-state index is -4.37. The number of hydrogen-bond acceptors (Lipinski definition) is 8. The van der Waals surface area contributed by atoms with Gasteiger partial charge in [0.05, 0.1) is 18.3 Å². The van der Waals surface area contributed by atoms with Crippen molar-refractivity contribution in [2.45, 2.75) is 69.5 Å². The minimum absolute atomic E-state index is 0.0716. The van der Waals surface area contributed by atoms with E-state index >= 15 is 0 Å². The van der Waals surface area contributed by atoms with Crippen LogP contribution in [0.25, 0.3) is 10.6 Å². The number of halogens is 3. The monoisotopic (exact) mass is 570 g/mol. The van der Waals surface area contributed by atoms with Crippen molar-refractivity contribution in [2.24, 2.45) is 0 Å². The van der Waals surface area contributed by atoms with Gasteiger partial charge in [-0.15, -0.1) is 22.7 Å². The van der Waals surface area contributed by atoms with Gasteiger partial charge in [-0.3, -0.25) is 9.59 Å². The number of aliphatic hydroxyl groups is 2. The largest absolute Gasteiger partial charge is 0.393 e. The summed E-state index contributed by atoms with van der Waals surface area (Å²) in [6.45, 7) is 1.54. The van der Waals surface area contributed by atoms with E-state index in [2.05, 4.69) is 20.6 Å². The van der Waals surface area contributed by atoms with Crippen LogP contribution in [0.2, 0.25) is 0 Å². The third kappa shape index (κ3) is 9.15. The molecular formula is C25H29F3N4O4S2. The molecule has 0 saturated carbocycles. The number of carbonyl (C=O) groups excluding carboxylic acids is 2. The highest BCUT2D eigenvalue weighted by atomic mass is 32.1. The van der Waals surface area contributed by atoms with Gasteiger partial charge in [0.15, 0.2) is 0 Å². The molecule has 0 aliphatic carbocycles. The van der Waals surface area contributed by atoms with Crippen LogP contribution >= 0.6 is 22.7 Å². The normalized spacial score (nSPS) is 14.9. The molecule has 0 aliphatic rings. The average molecular weight is 571 g/mol. The Morgan fingerprint density at radius 1 is 1.05 bits per heavy atom. The van der Waals surface area contributed by atoms with Crippen molar-refractivity contribution in [1.82, 2.24) is 20.6 Å². The van der Waals surface area contributed by atoms with Gasteiger partial charge in [0.2, 0.25) is 5.91 Å². The Kier molecular flexibility index (Phi) is 10.8. The Bertz CT molecular complexity index is 1160. The van der Waals surface area contributed by atoms with E-state index in [9.17, 15) is 33.0 Å². The van der Waals surface area contributed by atoms with Crippen LogP contribution < -0.4 is 10.6 Å². The van der Waals surface area contributed by atoms with Crippen molar-refractivity contribution < 1.29 is 33.0 Å². The summed E-state index contributed by atoms with van der Waals surface area (Å²) < 4.78 is 38.2. The molecular weight excluding hydrogens is 541 g/mol. The summed E-state index contributed by atoms with van der Waals surface area (Å²) in [4.78, 5) is 34.7. The molecule has 206 valence electrons. The van der Waals surface area contributed by atoms with Crippen molar-refractivity contribution in [3.05, 3.63) is 58.0 Å². The molecule has 4 N–H and O–H groups in total. The molecule has 0 radical (unpaired) electrons. The van der Waals surface area contributed by atoms with Gasteiger partial charge in [0.25, 0.3) is 5.91 Å². The molecule has 0 bridgehead atoms. The maximum absolute atomic E-state index is 13.2. The van der Waals surface area contributed by atoms with E-state index < -0.39 is 48.7 Å². The van der Waals surface area contributed by atoms with Gasteiger partial charge in [0, 0.05) is 23.6 Å². The number of thiazole rings is 2. The van der Waals surface area contributed by atoms with Crippen LogP contribution in [-0.4, -0.2) is 56.4 Å². The molecule has 4 atom stereocenters. The Labute approximate surface area is 226 Å². The fraction of sp³-hybridized carbons (Fsp3) is 0.440. The first-order valence-electron chi connectivity index (χ1n) is 12.0. The molecule has 0 fully saturated rings. The lowest BCUT2D eigenvalue weighted by Gasteiger charge is -2.26. The topological polar surface area (TPSA) is 124 Å². The Morgan fingerprint density at radius 3 is 2.42 bits per heavy atom. The maximum Gasteiger partial charge on any atom is 0.389 e. The Hall–Kier alpha value is -2.87. The number of aromatic nitrogens is 2. The van der Waals surface area contributed by atoms with Crippen LogP contribution in [0.15, 0.2) is 48.1 Å². The van der Waals surface area contributed by atoms with E-state index in [1.165, 1.54) is 19.3 Å². The lowest BCUT2D eigenvalue weighted by atomic mass is 10.0. The number of aliphatic hydroxyl groups excluding tert-OH is 2. The zero-order valence-electron chi connectivity index (χ0n) is 20.5. The van der Waals surface area contributed by atoms with Crippen LogP contribution in [0.3, 0.4) is 0 Å². The van der Waals surface area contributed by atoms with Gasteiger partial charge in [-0.05, 0) is 32.6 Å². The van der Waals surface area contributed by atoms with Crippen molar-refractivity contribution >= 4 is 34.5 Å². The molecule has 3 aromatic rings. The SMILES string of the molecule is CC(O)CC[C@H](NC(=O)c1cnc(-c2ccccc2)s1)C(=O)N[C@@H](CCCC(F)(F)F)C(O)c1nccs1. The number of nitrogens with zero attached hydrogens (tertiary/aromatic N) is 2. The first-order chi connectivity index (χ1) is 18.0. The van der Waals surface area contributed by atoms with Crippen molar-refractivity contribution in [3.8, 4) is 10.6 Å². The number of benzene rings is 1. The van der Waals surface area contributed by atoms with Gasteiger partial charge >= 0.3 is 6.18 Å². The second-order valence-electron chi connectivity index (χ2n) is 8.79. The molecule has 2 amide bonds. The summed E-state index contributed by atoms with van der Waals surface area (Å²) >= 11 is 2.26. The molecule has 0 saturated heterocycles. The predicted octanol–water partition coefficient (Wildman–Crippen LogP) is 4.48. The molecule has 2 heterocycles. The summed E-state index contributed by atoms with van der Waals surface area (Å²) in [5.74, 6) is -1.23. The Balaban J connectivity index is 1.73. The molecule has 0 aliphatic heterocycles. The second-order valence-corrected chi connectivity index (χ2v) is 10.7. The van der Waals surface area contributed by atoms with Crippen molar-refractivity contribution in [2.75, 3.05) is 0 Å². The summed E-state index contributed by atoms with van der Waals surface area (Å²) in [6.07, 6.45) is -4.88. The van der Waals surface area contributed by atoms with Gasteiger partial charge in [-0.25, -0.2) is 9.97 Å². The van der Waals surface area contributed by atoms with E-state index in [4.69, 9.17) is 0 Å². The lowest BCUT2D eigenvalue weighted by molar-refractivity contribution is -0.136. The van der Waals surface area contributed by atoms with Crippen LogP contribution in [0.5, 0.6) is 0 Å². The van der Waals surface area contributed by atoms with Crippen LogP contribution in [0.1, 0.15) is 59.8 Å². The fourth-order valence-electron chi connectivity index (χ4n) is 3.67. The molecule has 8 nitrogen and oxygen atoms in total. The van der Waals surface area contributed by atoms with Gasteiger partial charge in [0.1, 0.15) is 27.0 Å². The highest BCUT2D eigenvalue weighted by molar-refractivity contribution is 7.16. The van der Waals surface area contributed by atoms with Crippen molar-refractivity contribution in [1.29, 1.82) is 0 Å². The third-order valence-electron chi connectivity index (χ3n) is 5.63. The predicted molar refractivity (Wildman–Crippen MR) is 139 cm³/mol. The van der Waals surface area contributed by atoms with Crippen molar-refractivity contribution in [3.63, 3.8) is 0 Å². The van der Waals surface area contributed by atoms with E-state index in [0.29, 0.717) is 5.01 Å². The molecule has 0 spiro atoms. The summed E-state index contributed by atoms with van der Waals surface area (Å²) in [5, 5.41) is 28.2. The number of amides is 2. The molecule has 13 heteroatoms. The summed E-state index contributed by atoms with van der Waals surface area (Å²) in [6, 6.07) is 7.09. The van der Waals surface area contributed by atoms with E-state index in [-0.39, 0.29) is 35.6 Å². The highest BCUT2D eigenvalue weighted by Gasteiger charge is 2.32. The quantitative estimate of drug-likeness (QED) is 0.240. The van der Waals surface area contributed by atoms with Crippen LogP contribution in [-0.2, 0) is 4.79 Å². The second kappa shape index (κ2) is 13.8. The zero-order chi connectivity index (χ0) is 27.7. The number of nitrogens with one attached hydrogen (secondary N) is 2. The molecule has 3 rings (SSSR count). The Morgan fingerprint density at radius 2 is 1.79 bits per heavy atom. The first-order valence-corrected chi connectivity index (χ1v) is 13.7. The van der Waals surface area contributed by atoms with Gasteiger partial charge < -0.3 is 20.8 Å². The third-order valence-corrected chi connectivity index (χ3v) is 7.53. The smallest absolute Gasteiger partial charge is 0.389 e. The molecule has 2 unspecified atom stereocenters. The zero-order valence-corrected chi connectivity index (χ0v) is 22.2. The number of alkyl halides is 3. The van der Waals surface area contributed by atoms with Gasteiger partial charge in [-0.2, -0.15) is 13.2 Å². The first kappa shape index (κ1) is 29.7. The fourth-order valence-corrected chi connectivity index (χ4v) is 5.18. The molecule has 2 aromatic heterocycles. The van der Waals surface area contributed by atoms with Crippen LogP contribution in [0.4, 0.5) is 13.2 Å². The minimum Gasteiger partial charge on any atom is -0.393 e.